The highest BCUT2D eigenvalue weighted by Gasteiger charge is 2.18. The van der Waals surface area contributed by atoms with Gasteiger partial charge in [-0.2, -0.15) is 0 Å². The number of carbonyl (C=O) groups is 1. The molecule has 0 radical (unpaired) electrons. The summed E-state index contributed by atoms with van der Waals surface area (Å²) in [5.41, 5.74) is 1.42. The van der Waals surface area contributed by atoms with Crippen LogP contribution in [0.4, 0.5) is 10.5 Å². The van der Waals surface area contributed by atoms with Gasteiger partial charge in [0.2, 0.25) is 0 Å². The zero-order valence-electron chi connectivity index (χ0n) is 11.9. The lowest BCUT2D eigenvalue weighted by molar-refractivity contribution is -0.0182. The molecule has 2 rings (SSSR count). The van der Waals surface area contributed by atoms with Crippen molar-refractivity contribution < 1.29 is 23.7 Å². The molecule has 1 aromatic rings. The van der Waals surface area contributed by atoms with Crippen molar-refractivity contribution in [3.63, 3.8) is 0 Å². The summed E-state index contributed by atoms with van der Waals surface area (Å²) in [6.45, 7) is 6.61. The fourth-order valence-corrected chi connectivity index (χ4v) is 1.88. The Hall–Kier alpha value is -1.95. The van der Waals surface area contributed by atoms with E-state index in [1.807, 2.05) is 6.92 Å². The molecule has 1 amide bonds. The van der Waals surface area contributed by atoms with Crippen LogP contribution < -0.4 is 14.8 Å². The third-order valence-corrected chi connectivity index (χ3v) is 2.56. The maximum atomic E-state index is 11.6. The molecule has 6 nitrogen and oxygen atoms in total. The molecule has 110 valence electrons. The van der Waals surface area contributed by atoms with Gasteiger partial charge in [-0.1, -0.05) is 0 Å². The zero-order chi connectivity index (χ0) is 14.5. The number of benzene rings is 1. The third-order valence-electron chi connectivity index (χ3n) is 2.56. The van der Waals surface area contributed by atoms with Crippen molar-refractivity contribution in [2.75, 3.05) is 18.7 Å². The number of fused-ring (bicyclic) bond motifs is 1. The first-order valence-electron chi connectivity index (χ1n) is 6.58. The van der Waals surface area contributed by atoms with Crippen molar-refractivity contribution in [1.29, 1.82) is 0 Å². The smallest absolute Gasteiger partial charge is 0.411 e. The van der Waals surface area contributed by atoms with E-state index in [0.29, 0.717) is 30.4 Å². The van der Waals surface area contributed by atoms with Crippen LogP contribution in [0, 0.1) is 0 Å². The van der Waals surface area contributed by atoms with Crippen molar-refractivity contribution in [3.8, 4) is 11.5 Å². The Morgan fingerprint density at radius 1 is 1.45 bits per heavy atom. The van der Waals surface area contributed by atoms with Crippen LogP contribution in [0.2, 0.25) is 0 Å². The normalized spacial score (nSPS) is 13.4. The van der Waals surface area contributed by atoms with Gasteiger partial charge < -0.3 is 18.9 Å². The van der Waals surface area contributed by atoms with Crippen molar-refractivity contribution in [1.82, 2.24) is 0 Å². The van der Waals surface area contributed by atoms with Crippen LogP contribution in [-0.4, -0.2) is 25.6 Å². The minimum Gasteiger partial charge on any atom is -0.490 e. The lowest BCUT2D eigenvalue weighted by Crippen LogP contribution is -2.19. The average Bonchev–Trinajstić information content (AvgIpc) is 2.38. The quantitative estimate of drug-likeness (QED) is 0.919. The highest BCUT2D eigenvalue weighted by molar-refractivity contribution is 5.85. The minimum atomic E-state index is -0.500. The van der Waals surface area contributed by atoms with Gasteiger partial charge in [-0.05, 0) is 26.8 Å². The summed E-state index contributed by atoms with van der Waals surface area (Å²) in [6, 6.07) is 3.51. The fraction of sp³-hybridized carbons (Fsp3) is 0.500. The van der Waals surface area contributed by atoms with Crippen LogP contribution >= 0.6 is 0 Å². The molecule has 0 bridgehead atoms. The average molecular weight is 281 g/mol. The molecule has 0 spiro atoms. The van der Waals surface area contributed by atoms with Gasteiger partial charge in [-0.3, -0.25) is 5.32 Å². The van der Waals surface area contributed by atoms with E-state index in [4.69, 9.17) is 18.9 Å². The first-order valence-corrected chi connectivity index (χ1v) is 6.58. The molecule has 0 saturated heterocycles. The molecular formula is C14H19NO5. The summed E-state index contributed by atoms with van der Waals surface area (Å²) in [5.74, 6) is 1.26. The van der Waals surface area contributed by atoms with Gasteiger partial charge in [0.15, 0.2) is 18.3 Å². The van der Waals surface area contributed by atoms with E-state index in [1.165, 1.54) is 0 Å². The number of rotatable bonds is 4. The second kappa shape index (κ2) is 6.47. The number of hydrogen-bond acceptors (Lipinski definition) is 5. The number of ether oxygens (including phenoxy) is 4. The van der Waals surface area contributed by atoms with Gasteiger partial charge in [0.05, 0.1) is 19.3 Å². The maximum Gasteiger partial charge on any atom is 0.411 e. The molecule has 0 fully saturated rings. The Morgan fingerprint density at radius 2 is 2.25 bits per heavy atom. The van der Waals surface area contributed by atoms with Crippen LogP contribution in [0.3, 0.4) is 0 Å². The van der Waals surface area contributed by atoms with Gasteiger partial charge in [-0.25, -0.2) is 4.79 Å². The van der Waals surface area contributed by atoms with E-state index < -0.39 is 6.09 Å². The van der Waals surface area contributed by atoms with Gasteiger partial charge in [0.25, 0.3) is 0 Å². The summed E-state index contributed by atoms with van der Waals surface area (Å²) in [6.07, 6.45) is -0.675. The molecule has 0 aromatic heterocycles. The molecule has 1 aliphatic rings. The van der Waals surface area contributed by atoms with Gasteiger partial charge >= 0.3 is 6.09 Å². The Labute approximate surface area is 118 Å². The third kappa shape index (κ3) is 3.54. The largest absolute Gasteiger partial charge is 0.490 e. The van der Waals surface area contributed by atoms with Crippen LogP contribution in [-0.2, 0) is 16.1 Å². The van der Waals surface area contributed by atoms with E-state index >= 15 is 0 Å². The van der Waals surface area contributed by atoms with Crippen molar-refractivity contribution >= 4 is 11.8 Å². The maximum absolute atomic E-state index is 11.6. The van der Waals surface area contributed by atoms with E-state index in [2.05, 4.69) is 5.32 Å². The molecule has 1 aromatic carbocycles. The molecule has 6 heteroatoms. The Balaban J connectivity index is 2.21. The molecule has 1 N–H and O–H groups in total. The summed E-state index contributed by atoms with van der Waals surface area (Å²) >= 11 is 0. The molecule has 1 heterocycles. The summed E-state index contributed by atoms with van der Waals surface area (Å²) in [7, 11) is 0. The standard InChI is InChI=1S/C14H19NO5/c1-4-18-12-6-11(15-14(16)20-9(2)3)5-10-7-17-8-19-13(10)12/h5-6,9H,4,7-8H2,1-3H3,(H,15,16). The van der Waals surface area contributed by atoms with E-state index in [1.54, 1.807) is 26.0 Å². The monoisotopic (exact) mass is 281 g/mol. The predicted molar refractivity (Wildman–Crippen MR) is 73.1 cm³/mol. The topological polar surface area (TPSA) is 66.0 Å². The van der Waals surface area contributed by atoms with E-state index in [0.717, 1.165) is 5.56 Å². The second-order valence-electron chi connectivity index (χ2n) is 4.59. The summed E-state index contributed by atoms with van der Waals surface area (Å²) < 4.78 is 21.3. The SMILES string of the molecule is CCOc1cc(NC(=O)OC(C)C)cc2c1OCOC2. The van der Waals surface area contributed by atoms with E-state index in [9.17, 15) is 4.79 Å². The van der Waals surface area contributed by atoms with E-state index in [-0.39, 0.29) is 12.9 Å². The van der Waals surface area contributed by atoms with Gasteiger partial charge in [-0.15, -0.1) is 0 Å². The van der Waals surface area contributed by atoms with Crippen LogP contribution in [0.1, 0.15) is 26.3 Å². The lowest BCUT2D eigenvalue weighted by atomic mass is 10.1. The Morgan fingerprint density at radius 3 is 2.95 bits per heavy atom. The molecule has 20 heavy (non-hydrogen) atoms. The summed E-state index contributed by atoms with van der Waals surface area (Å²) in [5, 5.41) is 2.67. The minimum absolute atomic E-state index is 0.175. The first kappa shape index (κ1) is 14.5. The molecule has 0 unspecified atom stereocenters. The number of anilines is 1. The molecule has 1 aliphatic heterocycles. The molecule has 0 atom stereocenters. The van der Waals surface area contributed by atoms with Gasteiger partial charge in [0, 0.05) is 17.3 Å². The lowest BCUT2D eigenvalue weighted by Gasteiger charge is -2.21. The highest BCUT2D eigenvalue weighted by Crippen LogP contribution is 2.37. The van der Waals surface area contributed by atoms with Crippen molar-refractivity contribution in [2.24, 2.45) is 0 Å². The Kier molecular flexibility index (Phi) is 4.68. The van der Waals surface area contributed by atoms with Gasteiger partial charge in [0.1, 0.15) is 0 Å². The number of nitrogens with one attached hydrogen (secondary N) is 1. The molecule has 0 saturated carbocycles. The van der Waals surface area contributed by atoms with Crippen LogP contribution in [0.25, 0.3) is 0 Å². The summed E-state index contributed by atoms with van der Waals surface area (Å²) in [4.78, 5) is 11.6. The molecular weight excluding hydrogens is 262 g/mol. The predicted octanol–water partition coefficient (Wildman–Crippen LogP) is 2.91. The fourth-order valence-electron chi connectivity index (χ4n) is 1.88. The first-order chi connectivity index (χ1) is 9.60. The van der Waals surface area contributed by atoms with Crippen molar-refractivity contribution in [2.45, 2.75) is 33.5 Å². The number of carbonyl (C=O) groups excluding carboxylic acids is 1. The number of amides is 1. The number of hydrogen-bond donors (Lipinski definition) is 1. The highest BCUT2D eigenvalue weighted by atomic mass is 16.7. The van der Waals surface area contributed by atoms with Crippen LogP contribution in [0.15, 0.2) is 12.1 Å². The van der Waals surface area contributed by atoms with Crippen LogP contribution in [0.5, 0.6) is 11.5 Å². The Bertz CT molecular complexity index is 487. The zero-order valence-corrected chi connectivity index (χ0v) is 11.9. The second-order valence-corrected chi connectivity index (χ2v) is 4.59. The molecule has 0 aliphatic carbocycles. The van der Waals surface area contributed by atoms with Crippen molar-refractivity contribution in [3.05, 3.63) is 17.7 Å².